The van der Waals surface area contributed by atoms with Gasteiger partial charge in [-0.3, -0.25) is 0 Å². The lowest BCUT2D eigenvalue weighted by molar-refractivity contribution is 0.288. The monoisotopic (exact) mass is 207 g/mol. The Morgan fingerprint density at radius 2 is 2.20 bits per heavy atom. The van der Waals surface area contributed by atoms with Crippen LogP contribution in [0.2, 0.25) is 0 Å². The summed E-state index contributed by atoms with van der Waals surface area (Å²) < 4.78 is 23.2. The molecule has 1 aromatic carbocycles. The lowest BCUT2D eigenvalue weighted by atomic mass is 10.3. The number of aromatic nitrogens is 1. The Labute approximate surface area is 86.5 Å². The van der Waals surface area contributed by atoms with E-state index in [0.717, 1.165) is 11.3 Å². The zero-order valence-electron chi connectivity index (χ0n) is 8.24. The molecule has 0 spiro atoms. The summed E-state index contributed by atoms with van der Waals surface area (Å²) in [5, 5.41) is 3.70. The van der Waals surface area contributed by atoms with Crippen LogP contribution in [0, 0.1) is 12.7 Å². The van der Waals surface area contributed by atoms with Gasteiger partial charge >= 0.3 is 0 Å². The van der Waals surface area contributed by atoms with Crippen molar-refractivity contribution in [1.82, 2.24) is 5.16 Å². The molecule has 0 saturated heterocycles. The second-order valence-electron chi connectivity index (χ2n) is 3.14. The van der Waals surface area contributed by atoms with Gasteiger partial charge in [-0.25, -0.2) is 4.39 Å². The van der Waals surface area contributed by atoms with Gasteiger partial charge in [-0.05, 0) is 19.1 Å². The fourth-order valence-corrected chi connectivity index (χ4v) is 1.17. The number of aryl methyl sites for hydroxylation is 1. The van der Waals surface area contributed by atoms with Crippen LogP contribution >= 0.6 is 0 Å². The van der Waals surface area contributed by atoms with Gasteiger partial charge in [0.1, 0.15) is 12.9 Å². The lowest BCUT2D eigenvalue weighted by Gasteiger charge is -2.05. The third-order valence-electron chi connectivity index (χ3n) is 2.07. The SMILES string of the molecule is Cc1nocc1COc1ccccc1F. The molecule has 15 heavy (non-hydrogen) atoms. The van der Waals surface area contributed by atoms with E-state index in [9.17, 15) is 4.39 Å². The second kappa shape index (κ2) is 4.13. The third-order valence-corrected chi connectivity index (χ3v) is 2.07. The zero-order chi connectivity index (χ0) is 10.7. The number of rotatable bonds is 3. The Kier molecular flexibility index (Phi) is 2.67. The molecule has 78 valence electrons. The van der Waals surface area contributed by atoms with E-state index in [-0.39, 0.29) is 18.2 Å². The molecule has 0 saturated carbocycles. The molecule has 0 radical (unpaired) electrons. The average Bonchev–Trinajstić information content (AvgIpc) is 2.63. The number of ether oxygens (including phenoxy) is 1. The number of para-hydroxylation sites is 1. The minimum Gasteiger partial charge on any atom is -0.486 e. The van der Waals surface area contributed by atoms with Crippen LogP contribution in [-0.2, 0) is 6.61 Å². The maximum atomic E-state index is 13.2. The third kappa shape index (κ3) is 2.15. The highest BCUT2D eigenvalue weighted by Gasteiger charge is 2.05. The summed E-state index contributed by atoms with van der Waals surface area (Å²) in [4.78, 5) is 0. The minimum absolute atomic E-state index is 0.234. The Bertz CT molecular complexity index is 453. The topological polar surface area (TPSA) is 35.3 Å². The van der Waals surface area contributed by atoms with Crippen molar-refractivity contribution in [3.05, 3.63) is 47.6 Å². The van der Waals surface area contributed by atoms with Gasteiger partial charge in [0.2, 0.25) is 0 Å². The molecule has 1 heterocycles. The molecule has 0 aliphatic rings. The maximum Gasteiger partial charge on any atom is 0.165 e. The van der Waals surface area contributed by atoms with Gasteiger partial charge in [-0.15, -0.1) is 0 Å². The van der Waals surface area contributed by atoms with Gasteiger partial charge in [-0.2, -0.15) is 0 Å². The van der Waals surface area contributed by atoms with Crippen molar-refractivity contribution in [1.29, 1.82) is 0 Å². The molecule has 0 aliphatic carbocycles. The molecule has 0 bridgehead atoms. The van der Waals surface area contributed by atoms with E-state index in [4.69, 9.17) is 9.26 Å². The van der Waals surface area contributed by atoms with E-state index in [1.54, 1.807) is 18.2 Å². The van der Waals surface area contributed by atoms with Crippen molar-refractivity contribution in [2.24, 2.45) is 0 Å². The second-order valence-corrected chi connectivity index (χ2v) is 3.14. The molecule has 1 aromatic heterocycles. The highest BCUT2D eigenvalue weighted by molar-refractivity contribution is 5.24. The quantitative estimate of drug-likeness (QED) is 0.776. The Morgan fingerprint density at radius 1 is 1.40 bits per heavy atom. The van der Waals surface area contributed by atoms with Gasteiger partial charge in [0.25, 0.3) is 0 Å². The van der Waals surface area contributed by atoms with E-state index in [1.807, 2.05) is 6.92 Å². The molecular formula is C11H10FNO2. The first kappa shape index (κ1) is 9.71. The fraction of sp³-hybridized carbons (Fsp3) is 0.182. The smallest absolute Gasteiger partial charge is 0.165 e. The molecule has 0 aliphatic heterocycles. The van der Waals surface area contributed by atoms with E-state index in [1.165, 1.54) is 12.3 Å². The number of nitrogens with zero attached hydrogens (tertiary/aromatic N) is 1. The fourth-order valence-electron chi connectivity index (χ4n) is 1.17. The zero-order valence-corrected chi connectivity index (χ0v) is 8.24. The molecule has 2 aromatic rings. The Hall–Kier alpha value is -1.84. The standard InChI is InChI=1S/C11H10FNO2/c1-8-9(7-15-13-8)6-14-11-5-3-2-4-10(11)12/h2-5,7H,6H2,1H3. The highest BCUT2D eigenvalue weighted by Crippen LogP contribution is 2.17. The van der Waals surface area contributed by atoms with Crippen LogP contribution in [0.4, 0.5) is 4.39 Å². The van der Waals surface area contributed by atoms with Gasteiger partial charge in [-0.1, -0.05) is 17.3 Å². The molecule has 0 N–H and O–H groups in total. The summed E-state index contributed by atoms with van der Waals surface area (Å²) in [5.41, 5.74) is 1.57. The summed E-state index contributed by atoms with van der Waals surface area (Å²) in [5.74, 6) is -0.135. The molecular weight excluding hydrogens is 197 g/mol. The van der Waals surface area contributed by atoms with Gasteiger partial charge in [0, 0.05) is 0 Å². The van der Waals surface area contributed by atoms with E-state index >= 15 is 0 Å². The predicted octanol–water partition coefficient (Wildman–Crippen LogP) is 2.70. The van der Waals surface area contributed by atoms with Crippen LogP contribution in [-0.4, -0.2) is 5.16 Å². The van der Waals surface area contributed by atoms with Crippen LogP contribution in [0.15, 0.2) is 35.1 Å². The highest BCUT2D eigenvalue weighted by atomic mass is 19.1. The first-order valence-electron chi connectivity index (χ1n) is 4.54. The first-order valence-corrected chi connectivity index (χ1v) is 4.54. The molecule has 4 heteroatoms. The number of hydrogen-bond acceptors (Lipinski definition) is 3. The minimum atomic E-state index is -0.369. The van der Waals surface area contributed by atoms with Gasteiger partial charge < -0.3 is 9.26 Å². The molecule has 0 fully saturated rings. The summed E-state index contributed by atoms with van der Waals surface area (Å²) >= 11 is 0. The van der Waals surface area contributed by atoms with Crippen molar-refractivity contribution in [3.63, 3.8) is 0 Å². The summed E-state index contributed by atoms with van der Waals surface area (Å²) in [6.45, 7) is 2.07. The summed E-state index contributed by atoms with van der Waals surface area (Å²) in [6.07, 6.45) is 1.50. The molecule has 0 unspecified atom stereocenters. The molecule has 0 amide bonds. The van der Waals surface area contributed by atoms with Crippen molar-refractivity contribution in [3.8, 4) is 5.75 Å². The van der Waals surface area contributed by atoms with Crippen LogP contribution in [0.25, 0.3) is 0 Å². The molecule has 2 rings (SSSR count). The summed E-state index contributed by atoms with van der Waals surface area (Å²) in [6, 6.07) is 6.28. The lowest BCUT2D eigenvalue weighted by Crippen LogP contribution is -1.97. The van der Waals surface area contributed by atoms with E-state index < -0.39 is 0 Å². The van der Waals surface area contributed by atoms with E-state index in [0.29, 0.717) is 0 Å². The molecule has 3 nitrogen and oxygen atoms in total. The van der Waals surface area contributed by atoms with Crippen molar-refractivity contribution < 1.29 is 13.7 Å². The first-order chi connectivity index (χ1) is 7.27. The van der Waals surface area contributed by atoms with Crippen LogP contribution in [0.3, 0.4) is 0 Å². The summed E-state index contributed by atoms with van der Waals surface area (Å²) in [7, 11) is 0. The van der Waals surface area contributed by atoms with Gasteiger partial charge in [0.05, 0.1) is 11.3 Å². The molecule has 0 atom stereocenters. The van der Waals surface area contributed by atoms with Crippen LogP contribution < -0.4 is 4.74 Å². The number of hydrogen-bond donors (Lipinski definition) is 0. The van der Waals surface area contributed by atoms with Crippen LogP contribution in [0.1, 0.15) is 11.3 Å². The maximum absolute atomic E-state index is 13.2. The van der Waals surface area contributed by atoms with Gasteiger partial charge in [0.15, 0.2) is 11.6 Å². The predicted molar refractivity (Wildman–Crippen MR) is 52.0 cm³/mol. The van der Waals surface area contributed by atoms with Crippen molar-refractivity contribution >= 4 is 0 Å². The Balaban J connectivity index is 2.06. The normalized spacial score (nSPS) is 10.3. The largest absolute Gasteiger partial charge is 0.486 e. The van der Waals surface area contributed by atoms with Crippen LogP contribution in [0.5, 0.6) is 5.75 Å². The van der Waals surface area contributed by atoms with E-state index in [2.05, 4.69) is 5.16 Å². The average molecular weight is 207 g/mol. The van der Waals surface area contributed by atoms with Crippen molar-refractivity contribution in [2.75, 3.05) is 0 Å². The Morgan fingerprint density at radius 3 is 2.87 bits per heavy atom. The number of benzene rings is 1. The van der Waals surface area contributed by atoms with Crippen molar-refractivity contribution in [2.45, 2.75) is 13.5 Å². The number of halogens is 1.